The van der Waals surface area contributed by atoms with Crippen molar-refractivity contribution in [2.45, 2.75) is 18.9 Å². The first-order valence-electron chi connectivity index (χ1n) is 10.5. The van der Waals surface area contributed by atoms with Crippen LogP contribution in [0.4, 0.5) is 5.00 Å². The maximum absolute atomic E-state index is 11.6. The van der Waals surface area contributed by atoms with Crippen molar-refractivity contribution in [1.29, 1.82) is 5.26 Å². The summed E-state index contributed by atoms with van der Waals surface area (Å²) in [6, 6.07) is 11.4. The number of methoxy groups -OCH3 is 2. The summed E-state index contributed by atoms with van der Waals surface area (Å²) in [5, 5.41) is 20.4. The number of hydrogen-bond donors (Lipinski definition) is 1. The number of carbonyl (C=O) groups is 1. The number of likely N-dealkylation sites (N-methyl/N-ethyl adjacent to an activating group) is 1. The number of carboxylic acid groups (broad SMARTS) is 1. The molecule has 0 spiro atoms. The number of thiophene rings is 1. The Morgan fingerprint density at radius 3 is 2.47 bits per heavy atom. The molecule has 170 valence electrons. The maximum atomic E-state index is 11.6. The molecule has 1 N–H and O–H groups in total. The zero-order valence-corrected chi connectivity index (χ0v) is 19.7. The van der Waals surface area contributed by atoms with E-state index < -0.39 is 12.0 Å². The van der Waals surface area contributed by atoms with Gasteiger partial charge in [0.05, 0.1) is 30.9 Å². The first-order chi connectivity index (χ1) is 15.4. The van der Waals surface area contributed by atoms with E-state index in [4.69, 9.17) is 9.47 Å². The third-order valence-electron chi connectivity index (χ3n) is 5.82. The third kappa shape index (κ3) is 5.23. The number of nitriles is 1. The molecule has 1 atom stereocenters. The van der Waals surface area contributed by atoms with E-state index in [9.17, 15) is 15.2 Å². The Kier molecular flexibility index (Phi) is 7.78. The van der Waals surface area contributed by atoms with E-state index in [0.717, 1.165) is 41.4 Å². The van der Waals surface area contributed by atoms with Crippen molar-refractivity contribution >= 4 is 34.0 Å². The molecule has 0 amide bonds. The number of allylic oxidation sites excluding steroid dienone is 1. The summed E-state index contributed by atoms with van der Waals surface area (Å²) in [4.78, 5) is 16.7. The van der Waals surface area contributed by atoms with E-state index in [2.05, 4.69) is 17.0 Å². The second-order valence-electron chi connectivity index (χ2n) is 7.99. The Labute approximate surface area is 193 Å². The van der Waals surface area contributed by atoms with E-state index in [-0.39, 0.29) is 5.92 Å². The first kappa shape index (κ1) is 23.6. The van der Waals surface area contributed by atoms with E-state index in [1.165, 1.54) is 0 Å². The second kappa shape index (κ2) is 10.5. The molecule has 2 aromatic rings. The van der Waals surface area contributed by atoms with Crippen molar-refractivity contribution in [2.24, 2.45) is 5.92 Å². The molecule has 7 nitrogen and oxygen atoms in total. The van der Waals surface area contributed by atoms with Crippen LogP contribution in [-0.4, -0.2) is 63.4 Å². The highest BCUT2D eigenvalue weighted by atomic mass is 32.1. The van der Waals surface area contributed by atoms with Crippen molar-refractivity contribution < 1.29 is 19.4 Å². The molecule has 1 aliphatic rings. The molecule has 2 heterocycles. The molecular weight excluding hydrogens is 426 g/mol. The summed E-state index contributed by atoms with van der Waals surface area (Å²) >= 11 is 1.63. The topological polar surface area (TPSA) is 86.0 Å². The zero-order chi connectivity index (χ0) is 23.3. The van der Waals surface area contributed by atoms with E-state index in [1.54, 1.807) is 42.6 Å². The number of carboxylic acids is 1. The van der Waals surface area contributed by atoms with Crippen LogP contribution < -0.4 is 14.4 Å². The molecule has 1 aromatic carbocycles. The quantitative estimate of drug-likeness (QED) is 0.601. The number of anilines is 1. The van der Waals surface area contributed by atoms with Gasteiger partial charge in [-0.2, -0.15) is 5.26 Å². The number of benzene rings is 1. The summed E-state index contributed by atoms with van der Waals surface area (Å²) in [5.74, 6) is 0.595. The Balaban J connectivity index is 1.72. The molecule has 1 saturated heterocycles. The number of hydrogen-bond acceptors (Lipinski definition) is 7. The molecule has 1 aromatic heterocycles. The predicted molar refractivity (Wildman–Crippen MR) is 127 cm³/mol. The van der Waals surface area contributed by atoms with Crippen LogP contribution in [0.25, 0.3) is 11.6 Å². The molecule has 0 radical (unpaired) electrons. The van der Waals surface area contributed by atoms with Crippen LogP contribution in [-0.2, 0) is 4.79 Å². The molecule has 0 saturated carbocycles. The van der Waals surface area contributed by atoms with Crippen LogP contribution >= 0.6 is 11.3 Å². The minimum Gasteiger partial charge on any atom is -0.493 e. The zero-order valence-electron chi connectivity index (χ0n) is 18.9. The van der Waals surface area contributed by atoms with Gasteiger partial charge in [0, 0.05) is 18.0 Å². The number of ether oxygens (including phenoxy) is 2. The Morgan fingerprint density at radius 2 is 1.91 bits per heavy atom. The normalized spacial score (nSPS) is 16.0. The number of piperidine rings is 1. The van der Waals surface area contributed by atoms with Gasteiger partial charge in [0.15, 0.2) is 11.5 Å². The van der Waals surface area contributed by atoms with Gasteiger partial charge in [-0.3, -0.25) is 9.69 Å². The minimum absolute atomic E-state index is 0.147. The van der Waals surface area contributed by atoms with Gasteiger partial charge in [0.2, 0.25) is 0 Å². The van der Waals surface area contributed by atoms with Gasteiger partial charge in [-0.25, -0.2) is 0 Å². The molecule has 8 heteroatoms. The van der Waals surface area contributed by atoms with Crippen molar-refractivity contribution in [3.8, 4) is 17.6 Å². The van der Waals surface area contributed by atoms with Crippen LogP contribution in [0.3, 0.4) is 0 Å². The molecule has 1 fully saturated rings. The summed E-state index contributed by atoms with van der Waals surface area (Å²) in [5.41, 5.74) is 1.32. The van der Waals surface area contributed by atoms with E-state index >= 15 is 0 Å². The summed E-state index contributed by atoms with van der Waals surface area (Å²) in [6.45, 7) is 1.65. The van der Waals surface area contributed by atoms with Crippen molar-refractivity contribution in [1.82, 2.24) is 4.90 Å². The standard InChI is InChI=1S/C24H29N3O4S/c1-26(2)23(24(28)29)16-9-11-27(12-10-16)22-8-6-19(32-22)13-18(15-25)17-5-7-20(30-3)21(14-17)31-4/h5-8,13-14,16,23H,9-12H2,1-4H3,(H,28,29)/b18-13+. The number of nitrogens with zero attached hydrogens (tertiary/aromatic N) is 3. The largest absolute Gasteiger partial charge is 0.493 e. The molecular formula is C24H29N3O4S. The minimum atomic E-state index is -0.754. The maximum Gasteiger partial charge on any atom is 0.321 e. The predicted octanol–water partition coefficient (Wildman–Crippen LogP) is 4.06. The highest BCUT2D eigenvalue weighted by Crippen LogP contribution is 2.35. The monoisotopic (exact) mass is 455 g/mol. The first-order valence-corrected chi connectivity index (χ1v) is 11.3. The molecule has 3 rings (SSSR count). The van der Waals surface area contributed by atoms with Crippen molar-refractivity contribution in [3.05, 3.63) is 40.8 Å². The molecule has 0 bridgehead atoms. The van der Waals surface area contributed by atoms with Gasteiger partial charge >= 0.3 is 5.97 Å². The fraction of sp³-hybridized carbons (Fsp3) is 0.417. The lowest BCUT2D eigenvalue weighted by Gasteiger charge is -2.37. The molecule has 0 aliphatic carbocycles. The van der Waals surface area contributed by atoms with Crippen molar-refractivity contribution in [2.75, 3.05) is 46.3 Å². The summed E-state index contributed by atoms with van der Waals surface area (Å²) in [7, 11) is 6.81. The molecule has 1 aliphatic heterocycles. The van der Waals surface area contributed by atoms with Crippen LogP contribution in [0.15, 0.2) is 30.3 Å². The van der Waals surface area contributed by atoms with Crippen LogP contribution in [0, 0.1) is 17.2 Å². The van der Waals surface area contributed by atoms with Crippen LogP contribution in [0.5, 0.6) is 11.5 Å². The third-order valence-corrected chi connectivity index (χ3v) is 6.91. The lowest BCUT2D eigenvalue weighted by atomic mass is 9.89. The fourth-order valence-electron chi connectivity index (χ4n) is 4.20. The van der Waals surface area contributed by atoms with Crippen LogP contribution in [0.1, 0.15) is 23.3 Å². The Hall–Kier alpha value is -3.02. The lowest BCUT2D eigenvalue weighted by Crippen LogP contribution is -2.46. The number of aliphatic carboxylic acids is 1. The van der Waals surface area contributed by atoms with Crippen molar-refractivity contribution in [3.63, 3.8) is 0 Å². The van der Waals surface area contributed by atoms with Gasteiger partial charge in [0.25, 0.3) is 0 Å². The fourth-order valence-corrected chi connectivity index (χ4v) is 5.20. The highest BCUT2D eigenvalue weighted by molar-refractivity contribution is 7.17. The lowest BCUT2D eigenvalue weighted by molar-refractivity contribution is -0.144. The second-order valence-corrected chi connectivity index (χ2v) is 9.08. The Bertz CT molecular complexity index is 1020. The van der Waals surface area contributed by atoms with E-state index in [1.807, 2.05) is 32.3 Å². The van der Waals surface area contributed by atoms with Gasteiger partial charge in [-0.1, -0.05) is 0 Å². The van der Waals surface area contributed by atoms with Gasteiger partial charge < -0.3 is 19.5 Å². The molecule has 1 unspecified atom stereocenters. The average Bonchev–Trinajstić information content (AvgIpc) is 3.25. The van der Waals surface area contributed by atoms with E-state index in [0.29, 0.717) is 17.1 Å². The average molecular weight is 456 g/mol. The number of rotatable bonds is 8. The van der Waals surface area contributed by atoms with Gasteiger partial charge in [-0.15, -0.1) is 11.3 Å². The smallest absolute Gasteiger partial charge is 0.321 e. The molecule has 32 heavy (non-hydrogen) atoms. The SMILES string of the molecule is COc1ccc(/C(C#N)=C/c2ccc(N3CCC(C(C(=O)O)N(C)C)CC3)s2)cc1OC. The van der Waals surface area contributed by atoms with Gasteiger partial charge in [-0.05, 0) is 74.8 Å². The summed E-state index contributed by atoms with van der Waals surface area (Å²) < 4.78 is 10.6. The highest BCUT2D eigenvalue weighted by Gasteiger charge is 2.33. The van der Waals surface area contributed by atoms with Gasteiger partial charge in [0.1, 0.15) is 6.04 Å². The van der Waals surface area contributed by atoms with Crippen LogP contribution in [0.2, 0.25) is 0 Å². The Morgan fingerprint density at radius 1 is 1.22 bits per heavy atom. The summed E-state index contributed by atoms with van der Waals surface area (Å²) in [6.07, 6.45) is 3.56.